The van der Waals surface area contributed by atoms with Crippen molar-refractivity contribution in [3.63, 3.8) is 0 Å². The summed E-state index contributed by atoms with van der Waals surface area (Å²) in [6, 6.07) is 7.54. The van der Waals surface area contributed by atoms with Gasteiger partial charge in [-0.1, -0.05) is 6.07 Å². The molecule has 3 heterocycles. The van der Waals surface area contributed by atoms with Crippen LogP contribution in [0.3, 0.4) is 0 Å². The number of carbonyl (C=O) groups excluding carboxylic acids is 6. The maximum atomic E-state index is 13.2. The third-order valence-electron chi connectivity index (χ3n) is 11.0. The first-order chi connectivity index (χ1) is 34.3. The van der Waals surface area contributed by atoms with Crippen molar-refractivity contribution in [2.24, 2.45) is 0 Å². The third kappa shape index (κ3) is 15.9. The summed E-state index contributed by atoms with van der Waals surface area (Å²) in [4.78, 5) is 141. The normalized spacial score (nSPS) is 13.2. The molecule has 6 amide bonds. The fourth-order valence-corrected chi connectivity index (χ4v) is 7.54. The Balaban J connectivity index is 1.06. The highest BCUT2D eigenvalue weighted by Crippen LogP contribution is 2.35. The predicted molar refractivity (Wildman–Crippen MR) is 249 cm³/mol. The summed E-state index contributed by atoms with van der Waals surface area (Å²) < 4.78 is 12.2. The number of carbonyl (C=O) groups is 10. The van der Waals surface area contributed by atoms with Gasteiger partial charge in [0.25, 0.3) is 23.6 Å². The van der Waals surface area contributed by atoms with E-state index in [1.54, 1.807) is 13.0 Å². The lowest BCUT2D eigenvalue weighted by Crippen LogP contribution is -2.49. The first-order valence-electron chi connectivity index (χ1n) is 22.5. The lowest BCUT2D eigenvalue weighted by atomic mass is 10.1. The van der Waals surface area contributed by atoms with Gasteiger partial charge in [0, 0.05) is 76.1 Å². The van der Waals surface area contributed by atoms with Crippen LogP contribution in [-0.2, 0) is 44.9 Å². The van der Waals surface area contributed by atoms with Gasteiger partial charge in [0.15, 0.2) is 17.2 Å². The smallest absolute Gasteiger partial charge is 0.326 e. The van der Waals surface area contributed by atoms with Gasteiger partial charge in [-0.05, 0) is 50.5 Å². The molecule has 0 aliphatic carbocycles. The maximum Gasteiger partial charge on any atom is 0.326 e. The van der Waals surface area contributed by atoms with Crippen LogP contribution in [0.2, 0.25) is 0 Å². The summed E-state index contributed by atoms with van der Waals surface area (Å²) in [6.45, 7) is -1.69. The van der Waals surface area contributed by atoms with Crippen molar-refractivity contribution >= 4 is 75.9 Å². The minimum atomic E-state index is -1.39. The zero-order valence-electron chi connectivity index (χ0n) is 39.0. The van der Waals surface area contributed by atoms with Gasteiger partial charge in [0.1, 0.15) is 6.04 Å². The van der Waals surface area contributed by atoms with E-state index in [0.29, 0.717) is 30.0 Å². The number of amides is 6. The molecule has 72 heavy (non-hydrogen) atoms. The topological polar surface area (TPSA) is 366 Å². The molecule has 8 N–H and O–H groups in total. The van der Waals surface area contributed by atoms with Gasteiger partial charge in [-0.15, -0.1) is 0 Å². The first-order valence-corrected chi connectivity index (χ1v) is 22.5. The van der Waals surface area contributed by atoms with Gasteiger partial charge in [-0.2, -0.15) is 5.10 Å². The molecule has 27 heteroatoms. The third-order valence-corrected chi connectivity index (χ3v) is 11.0. The second-order valence-corrected chi connectivity index (χ2v) is 16.3. The van der Waals surface area contributed by atoms with Gasteiger partial charge >= 0.3 is 23.9 Å². The molecule has 5 rings (SSSR count). The number of fused-ring (bicyclic) bond motifs is 2. The number of hydrogen-bond acceptors (Lipinski definition) is 17. The van der Waals surface area contributed by atoms with Crippen LogP contribution >= 0.6 is 0 Å². The molecule has 0 saturated carbocycles. The fraction of sp³-hybridized carbons (Fsp3) is 0.422. The van der Waals surface area contributed by atoms with E-state index in [9.17, 15) is 73.2 Å². The number of carboxylic acids is 4. The molecule has 3 aromatic rings. The van der Waals surface area contributed by atoms with E-state index < -0.39 is 109 Å². The number of nitrogens with zero attached hydrogens (tertiary/aromatic N) is 6. The number of aromatic nitrogens is 2. The molecule has 0 radical (unpaired) electrons. The fourth-order valence-electron chi connectivity index (χ4n) is 7.54. The Hall–Kier alpha value is -8.30. The molecule has 1 atom stereocenters. The SMILES string of the molecule is CCn1nc(C(=O)NCCNC(=O)CN(CCN(CCN(CC(=O)O)CC(=O)N[C@@H](CCCCNC(=O)c2cccc(N3C(=O)C=CC3=O)c2)C(=O)O)CC(=O)O)CC(=O)O)c(=O)c2cc3c(cc21)OCO3. The van der Waals surface area contributed by atoms with E-state index in [2.05, 4.69) is 26.4 Å². The monoisotopic (exact) mass is 1010 g/mol. The van der Waals surface area contributed by atoms with Crippen LogP contribution in [-0.4, -0.2) is 196 Å². The van der Waals surface area contributed by atoms with Gasteiger partial charge in [-0.25, -0.2) is 9.69 Å². The summed E-state index contributed by atoms with van der Waals surface area (Å²) in [7, 11) is 0. The Labute approximate surface area is 409 Å². The molecule has 2 aliphatic heterocycles. The number of benzene rings is 2. The van der Waals surface area contributed by atoms with Crippen molar-refractivity contribution in [1.82, 2.24) is 45.7 Å². The Morgan fingerprint density at radius 1 is 0.681 bits per heavy atom. The number of hydrogen-bond donors (Lipinski definition) is 8. The van der Waals surface area contributed by atoms with Crippen molar-refractivity contribution in [2.45, 2.75) is 38.8 Å². The predicted octanol–water partition coefficient (Wildman–Crippen LogP) is -2.25. The second kappa shape index (κ2) is 26.1. The molecule has 0 unspecified atom stereocenters. The summed E-state index contributed by atoms with van der Waals surface area (Å²) in [5.74, 6) is -8.44. The highest BCUT2D eigenvalue weighted by atomic mass is 16.7. The standard InChI is InChI=1S/C45H54N10O17/c1-2-54-31-20-33-32(71-26-72-33)19-29(31)42(66)41(50-54)44(68)48-13-12-46-34(56)21-52(24-39(62)63)16-14-51(23-38(60)61)15-17-53(25-40(64)65)22-35(57)49-30(45(69)70)8-3-4-11-47-43(67)27-6-5-7-28(18-27)55-36(58)9-10-37(55)59/h5-7,9-10,18-20,30H,2-4,8,11-17,21-26H2,1H3,(H,46,56)(H,47,67)(H,48,68)(H,49,57)(H,60,61)(H,62,63)(H,64,65)(H,69,70)/t30-/m0/s1. The first kappa shape index (κ1) is 54.6. The number of carboxylic acid groups (broad SMARTS) is 4. The largest absolute Gasteiger partial charge is 0.480 e. The van der Waals surface area contributed by atoms with E-state index in [1.165, 1.54) is 44.8 Å². The van der Waals surface area contributed by atoms with Crippen LogP contribution in [0, 0.1) is 0 Å². The molecule has 27 nitrogen and oxygen atoms in total. The number of imide groups is 1. The minimum absolute atomic E-state index is 0.0249. The number of rotatable bonds is 30. The molecule has 0 saturated heterocycles. The van der Waals surface area contributed by atoms with Crippen molar-refractivity contribution in [2.75, 3.05) is 90.2 Å². The Morgan fingerprint density at radius 2 is 1.25 bits per heavy atom. The van der Waals surface area contributed by atoms with Crippen LogP contribution in [0.4, 0.5) is 5.69 Å². The lowest BCUT2D eigenvalue weighted by molar-refractivity contribution is -0.143. The maximum absolute atomic E-state index is 13.2. The summed E-state index contributed by atoms with van der Waals surface area (Å²) >= 11 is 0. The van der Waals surface area contributed by atoms with Gasteiger partial charge in [0.2, 0.25) is 24.0 Å². The van der Waals surface area contributed by atoms with Crippen LogP contribution in [0.25, 0.3) is 10.9 Å². The number of nitrogens with one attached hydrogen (secondary N) is 4. The van der Waals surface area contributed by atoms with Gasteiger partial charge in [-0.3, -0.25) is 67.3 Å². The molecule has 386 valence electrons. The molecule has 2 aliphatic rings. The van der Waals surface area contributed by atoms with Crippen LogP contribution in [0.1, 0.15) is 47.0 Å². The van der Waals surface area contributed by atoms with Crippen LogP contribution < -0.4 is 41.1 Å². The summed E-state index contributed by atoms with van der Waals surface area (Å²) in [5.41, 5.74) is -0.221. The zero-order chi connectivity index (χ0) is 52.5. The summed E-state index contributed by atoms with van der Waals surface area (Å²) in [5, 5.41) is 53.0. The molecule has 1 aromatic heterocycles. The second-order valence-electron chi connectivity index (χ2n) is 16.3. The summed E-state index contributed by atoms with van der Waals surface area (Å²) in [6.07, 6.45) is 2.68. The van der Waals surface area contributed by atoms with E-state index in [4.69, 9.17) is 9.47 Å². The molecule has 0 fully saturated rings. The number of unbranched alkanes of at least 4 members (excludes halogenated alkanes) is 1. The van der Waals surface area contributed by atoms with E-state index in [1.807, 2.05) is 0 Å². The van der Waals surface area contributed by atoms with E-state index in [-0.39, 0.29) is 82.1 Å². The molecule has 0 bridgehead atoms. The number of anilines is 1. The van der Waals surface area contributed by atoms with Crippen molar-refractivity contribution in [3.05, 3.63) is 70.0 Å². The zero-order valence-corrected chi connectivity index (χ0v) is 39.0. The average Bonchev–Trinajstić information content (AvgIpc) is 3.93. The van der Waals surface area contributed by atoms with E-state index >= 15 is 0 Å². The van der Waals surface area contributed by atoms with Crippen molar-refractivity contribution in [3.8, 4) is 11.5 Å². The number of ether oxygens (including phenoxy) is 2. The molecular weight excluding hydrogens is 953 g/mol. The van der Waals surface area contributed by atoms with E-state index in [0.717, 1.165) is 22.0 Å². The van der Waals surface area contributed by atoms with Crippen molar-refractivity contribution < 1.29 is 77.8 Å². The molecule has 0 spiro atoms. The molecule has 2 aromatic carbocycles. The lowest BCUT2D eigenvalue weighted by Gasteiger charge is -2.28. The van der Waals surface area contributed by atoms with Crippen LogP contribution in [0.15, 0.2) is 53.3 Å². The van der Waals surface area contributed by atoms with Gasteiger partial charge < -0.3 is 51.2 Å². The highest BCUT2D eigenvalue weighted by Gasteiger charge is 2.27. The van der Waals surface area contributed by atoms with Crippen molar-refractivity contribution in [1.29, 1.82) is 0 Å². The Bertz CT molecular complexity index is 2650. The average molecular weight is 1010 g/mol. The highest BCUT2D eigenvalue weighted by molar-refractivity contribution is 6.28. The van der Waals surface area contributed by atoms with Crippen LogP contribution in [0.5, 0.6) is 11.5 Å². The Morgan fingerprint density at radius 3 is 1.86 bits per heavy atom. The minimum Gasteiger partial charge on any atom is -0.480 e. The quantitative estimate of drug-likeness (QED) is 0.0258. The molecular formula is C45H54N10O17. The van der Waals surface area contributed by atoms with Gasteiger partial charge in [0.05, 0.1) is 49.3 Å². The Kier molecular flexibility index (Phi) is 19.8. The number of aliphatic carboxylic acids is 4. The number of aryl methyl sites for hydroxylation is 1.